The minimum absolute atomic E-state index is 0.527. The predicted molar refractivity (Wildman–Crippen MR) is 54.1 cm³/mol. The van der Waals surface area contributed by atoms with Crippen molar-refractivity contribution in [2.45, 2.75) is 39.2 Å². The van der Waals surface area contributed by atoms with Gasteiger partial charge in [-0.3, -0.25) is 0 Å². The quantitative estimate of drug-likeness (QED) is 0.669. The lowest BCUT2D eigenvalue weighted by atomic mass is 10.00. The topological polar surface area (TPSA) is 19.9 Å². The lowest BCUT2D eigenvalue weighted by Gasteiger charge is -2.10. The minimum Gasteiger partial charge on any atom is -0.228 e. The van der Waals surface area contributed by atoms with E-state index < -0.39 is 6.10 Å². The highest BCUT2D eigenvalue weighted by Crippen LogP contribution is 2.22. The Bertz CT molecular complexity index is 255. The highest BCUT2D eigenvalue weighted by Gasteiger charge is 2.10. The van der Waals surface area contributed by atoms with E-state index in [0.29, 0.717) is 0 Å². The Balaban J connectivity index is 2.65. The van der Waals surface area contributed by atoms with Crippen LogP contribution in [-0.2, 0) is 5.11 Å². The lowest BCUT2D eigenvalue weighted by Crippen LogP contribution is -1.97. The fraction of sp³-hybridized carbons (Fsp3) is 0.500. The van der Waals surface area contributed by atoms with Crippen LogP contribution in [0.25, 0.3) is 0 Å². The second kappa shape index (κ2) is 5.03. The van der Waals surface area contributed by atoms with E-state index in [1.165, 1.54) is 0 Å². The minimum atomic E-state index is -0.527. The molecule has 0 N–H and O–H groups in total. The first kappa shape index (κ1) is 10.3. The van der Waals surface area contributed by atoms with Crippen molar-refractivity contribution in [3.05, 3.63) is 35.4 Å². The second-order valence-corrected chi connectivity index (χ2v) is 3.49. The summed E-state index contributed by atoms with van der Waals surface area (Å²) in [4.78, 5) is 0. The maximum absolute atomic E-state index is 11.7. The first-order valence-corrected chi connectivity index (χ1v) is 4.97. The fourth-order valence-electron chi connectivity index (χ4n) is 1.49. The average Bonchev–Trinajstić information content (AvgIpc) is 2.15. The molecular formula is C12H17O. The van der Waals surface area contributed by atoms with Gasteiger partial charge >= 0.3 is 0 Å². The van der Waals surface area contributed by atoms with Crippen LogP contribution >= 0.6 is 0 Å². The molecule has 71 valence electrons. The Kier molecular flexibility index (Phi) is 3.97. The summed E-state index contributed by atoms with van der Waals surface area (Å²) in [6.45, 7) is 4.12. The van der Waals surface area contributed by atoms with E-state index in [9.17, 15) is 5.11 Å². The van der Waals surface area contributed by atoms with Gasteiger partial charge in [-0.05, 0) is 24.5 Å². The molecule has 0 amide bonds. The molecule has 0 fully saturated rings. The number of unbranched alkanes of at least 4 members (excludes halogenated alkanes) is 1. The van der Waals surface area contributed by atoms with E-state index in [4.69, 9.17) is 0 Å². The standard InChI is InChI=1S/C12H17O/c1-3-4-9-12(13)11-8-6-5-7-10(11)2/h5-8,12H,3-4,9H2,1-2H3. The highest BCUT2D eigenvalue weighted by molar-refractivity contribution is 5.27. The molecule has 1 nitrogen and oxygen atoms in total. The molecular weight excluding hydrogens is 160 g/mol. The van der Waals surface area contributed by atoms with Gasteiger partial charge in [0.15, 0.2) is 0 Å². The zero-order chi connectivity index (χ0) is 9.68. The fourth-order valence-corrected chi connectivity index (χ4v) is 1.49. The molecule has 0 aromatic heterocycles. The van der Waals surface area contributed by atoms with Crippen molar-refractivity contribution in [1.29, 1.82) is 0 Å². The van der Waals surface area contributed by atoms with Gasteiger partial charge < -0.3 is 0 Å². The number of rotatable bonds is 4. The third-order valence-corrected chi connectivity index (χ3v) is 2.36. The van der Waals surface area contributed by atoms with Gasteiger partial charge in [0.25, 0.3) is 0 Å². The third-order valence-electron chi connectivity index (χ3n) is 2.36. The van der Waals surface area contributed by atoms with Crippen LogP contribution in [-0.4, -0.2) is 0 Å². The summed E-state index contributed by atoms with van der Waals surface area (Å²) >= 11 is 0. The Morgan fingerprint density at radius 2 is 2.00 bits per heavy atom. The van der Waals surface area contributed by atoms with Crippen LogP contribution in [0.4, 0.5) is 0 Å². The summed E-state index contributed by atoms with van der Waals surface area (Å²) in [5.41, 5.74) is 2.09. The molecule has 0 aliphatic rings. The molecule has 1 rings (SSSR count). The Hall–Kier alpha value is -0.820. The van der Waals surface area contributed by atoms with Gasteiger partial charge in [-0.15, -0.1) is 0 Å². The van der Waals surface area contributed by atoms with Crippen molar-refractivity contribution < 1.29 is 5.11 Å². The van der Waals surface area contributed by atoms with Crippen molar-refractivity contribution in [3.8, 4) is 0 Å². The summed E-state index contributed by atoms with van der Waals surface area (Å²) in [6, 6.07) is 7.87. The molecule has 0 aliphatic carbocycles. The van der Waals surface area contributed by atoms with Crippen molar-refractivity contribution in [2.24, 2.45) is 0 Å². The van der Waals surface area contributed by atoms with Gasteiger partial charge in [0.2, 0.25) is 0 Å². The van der Waals surface area contributed by atoms with Crippen LogP contribution in [0.3, 0.4) is 0 Å². The van der Waals surface area contributed by atoms with Gasteiger partial charge in [-0.1, -0.05) is 44.0 Å². The number of benzene rings is 1. The summed E-state index contributed by atoms with van der Waals surface area (Å²) < 4.78 is 0. The van der Waals surface area contributed by atoms with Gasteiger partial charge in [-0.25, -0.2) is 5.11 Å². The van der Waals surface area contributed by atoms with E-state index in [1.54, 1.807) is 0 Å². The zero-order valence-electron chi connectivity index (χ0n) is 8.42. The third kappa shape index (κ3) is 2.85. The molecule has 1 radical (unpaired) electrons. The monoisotopic (exact) mass is 177 g/mol. The second-order valence-electron chi connectivity index (χ2n) is 3.49. The molecule has 1 atom stereocenters. The summed E-state index contributed by atoms with van der Waals surface area (Å²) in [5, 5.41) is 11.7. The summed E-state index contributed by atoms with van der Waals surface area (Å²) in [7, 11) is 0. The zero-order valence-corrected chi connectivity index (χ0v) is 8.42. The van der Waals surface area contributed by atoms with Crippen LogP contribution in [0.2, 0.25) is 0 Å². The molecule has 0 spiro atoms. The predicted octanol–water partition coefficient (Wildman–Crippen LogP) is 3.66. The highest BCUT2D eigenvalue weighted by atomic mass is 16.3. The molecule has 1 unspecified atom stereocenters. The smallest absolute Gasteiger partial charge is 0.118 e. The van der Waals surface area contributed by atoms with Crippen molar-refractivity contribution >= 4 is 0 Å². The van der Waals surface area contributed by atoms with Gasteiger partial charge in [0.05, 0.1) is 0 Å². The molecule has 0 saturated carbocycles. The van der Waals surface area contributed by atoms with Gasteiger partial charge in [0, 0.05) is 0 Å². The lowest BCUT2D eigenvalue weighted by molar-refractivity contribution is 0.0786. The molecule has 1 heteroatoms. The van der Waals surface area contributed by atoms with Crippen LogP contribution in [0, 0.1) is 6.92 Å². The van der Waals surface area contributed by atoms with E-state index in [1.807, 2.05) is 31.2 Å². The number of hydrogen-bond donors (Lipinski definition) is 0. The Morgan fingerprint density at radius 1 is 1.31 bits per heavy atom. The van der Waals surface area contributed by atoms with Crippen LogP contribution in [0.5, 0.6) is 0 Å². The van der Waals surface area contributed by atoms with Gasteiger partial charge in [0.1, 0.15) is 6.10 Å². The van der Waals surface area contributed by atoms with E-state index in [-0.39, 0.29) is 0 Å². The SMILES string of the molecule is CCCCC([O])c1ccccc1C. The average molecular weight is 177 g/mol. The molecule has 1 aromatic rings. The summed E-state index contributed by atoms with van der Waals surface area (Å²) in [6.07, 6.45) is 2.37. The molecule has 0 aliphatic heterocycles. The Morgan fingerprint density at radius 3 is 2.62 bits per heavy atom. The maximum atomic E-state index is 11.7. The van der Waals surface area contributed by atoms with E-state index in [2.05, 4.69) is 6.92 Å². The van der Waals surface area contributed by atoms with Crippen molar-refractivity contribution in [3.63, 3.8) is 0 Å². The first-order valence-electron chi connectivity index (χ1n) is 4.97. The summed E-state index contributed by atoms with van der Waals surface area (Å²) in [5.74, 6) is 0. The molecule has 0 saturated heterocycles. The molecule has 0 bridgehead atoms. The number of hydrogen-bond acceptors (Lipinski definition) is 0. The Labute approximate surface area is 80.4 Å². The maximum Gasteiger partial charge on any atom is 0.118 e. The van der Waals surface area contributed by atoms with Crippen LogP contribution in [0.1, 0.15) is 43.4 Å². The van der Waals surface area contributed by atoms with Gasteiger partial charge in [-0.2, -0.15) is 0 Å². The first-order chi connectivity index (χ1) is 6.25. The van der Waals surface area contributed by atoms with Crippen LogP contribution < -0.4 is 0 Å². The molecule has 1 aromatic carbocycles. The molecule has 0 heterocycles. The largest absolute Gasteiger partial charge is 0.228 e. The van der Waals surface area contributed by atoms with Crippen LogP contribution in [0.15, 0.2) is 24.3 Å². The van der Waals surface area contributed by atoms with Crippen molar-refractivity contribution in [2.75, 3.05) is 0 Å². The molecule has 13 heavy (non-hydrogen) atoms. The number of aryl methyl sites for hydroxylation is 1. The van der Waals surface area contributed by atoms with E-state index >= 15 is 0 Å². The normalized spacial score (nSPS) is 12.8. The van der Waals surface area contributed by atoms with Crippen molar-refractivity contribution in [1.82, 2.24) is 0 Å². The van der Waals surface area contributed by atoms with E-state index in [0.717, 1.165) is 30.4 Å².